The van der Waals surface area contributed by atoms with Crippen molar-refractivity contribution in [1.82, 2.24) is 5.32 Å². The molecule has 0 spiro atoms. The summed E-state index contributed by atoms with van der Waals surface area (Å²) in [4.78, 5) is 36.1. The zero-order valence-electron chi connectivity index (χ0n) is 13.4. The highest BCUT2D eigenvalue weighted by atomic mass is 127. The molecule has 1 aromatic carbocycles. The van der Waals surface area contributed by atoms with Gasteiger partial charge in [0.1, 0.15) is 0 Å². The Balaban J connectivity index is 3.19. The molecule has 1 aromatic rings. The number of benzene rings is 1. The van der Waals surface area contributed by atoms with Gasteiger partial charge in [0.05, 0.1) is 21.4 Å². The monoisotopic (exact) mass is 722 g/mol. The summed E-state index contributed by atoms with van der Waals surface area (Å²) in [6.45, 7) is 1.22. The Bertz CT molecular complexity index is 770. The maximum absolute atomic E-state index is 12.4. The molecule has 0 fully saturated rings. The van der Waals surface area contributed by atoms with Crippen LogP contribution in [0.4, 0.5) is 5.69 Å². The normalized spacial score (nSPS) is 15.6. The van der Waals surface area contributed by atoms with E-state index < -0.39 is 35.0 Å². The minimum absolute atomic E-state index is 0.191. The second-order valence-corrected chi connectivity index (χ2v) is 9.34. The van der Waals surface area contributed by atoms with E-state index in [-0.39, 0.29) is 11.3 Å². The minimum Gasteiger partial charge on any atom is -0.391 e. The molecule has 0 aliphatic heterocycles. The largest absolute Gasteiger partial charge is 0.391 e. The van der Waals surface area contributed by atoms with Gasteiger partial charge in [0, 0.05) is 7.14 Å². The summed E-state index contributed by atoms with van der Waals surface area (Å²) in [7, 11) is 0. The van der Waals surface area contributed by atoms with Gasteiger partial charge in [-0.15, -0.1) is 0 Å². The third-order valence-corrected chi connectivity index (χ3v) is 6.15. The molecule has 5 N–H and O–H groups in total. The van der Waals surface area contributed by atoms with Crippen LogP contribution in [0.1, 0.15) is 24.2 Å². The predicted octanol–water partition coefficient (Wildman–Crippen LogP) is 1.39. The van der Waals surface area contributed by atoms with Crippen LogP contribution in [0, 0.1) is 10.7 Å². The van der Waals surface area contributed by atoms with Gasteiger partial charge in [-0.05, 0) is 99.3 Å². The van der Waals surface area contributed by atoms with Gasteiger partial charge >= 0.3 is 0 Å². The van der Waals surface area contributed by atoms with Crippen LogP contribution in [0.5, 0.6) is 0 Å². The van der Waals surface area contributed by atoms with Crippen LogP contribution in [-0.2, 0) is 9.59 Å². The highest BCUT2D eigenvalue weighted by Gasteiger charge is 2.42. The molecule has 0 bridgehead atoms. The van der Waals surface area contributed by atoms with Gasteiger partial charge < -0.3 is 26.0 Å². The van der Waals surface area contributed by atoms with Gasteiger partial charge in [-0.3, -0.25) is 14.4 Å². The van der Waals surface area contributed by atoms with Crippen molar-refractivity contribution < 1.29 is 29.7 Å². The van der Waals surface area contributed by atoms with E-state index in [1.807, 2.05) is 73.1 Å². The molecule has 1 rings (SSSR count). The molecule has 2 amide bonds. The lowest BCUT2D eigenvalue weighted by Gasteiger charge is -2.28. The molecule has 12 heteroatoms. The van der Waals surface area contributed by atoms with Crippen molar-refractivity contribution in [2.24, 2.45) is 0 Å². The fraction of sp³-hybridized carbons (Fsp3) is 0.357. The summed E-state index contributed by atoms with van der Waals surface area (Å²) in [6, 6.07) is 1.61. The molecular formula is C14H14ClI3N2O6. The minimum atomic E-state index is -2.56. The van der Waals surface area contributed by atoms with Crippen LogP contribution >= 0.6 is 79.4 Å². The van der Waals surface area contributed by atoms with Crippen molar-refractivity contribution >= 4 is 102 Å². The van der Waals surface area contributed by atoms with E-state index in [9.17, 15) is 24.6 Å². The molecular weight excluding hydrogens is 708 g/mol. The number of rotatable bonds is 6. The van der Waals surface area contributed by atoms with Gasteiger partial charge in [-0.25, -0.2) is 0 Å². The molecule has 2 atom stereocenters. The molecule has 8 nitrogen and oxygen atoms in total. The van der Waals surface area contributed by atoms with Gasteiger partial charge in [-0.2, -0.15) is 0 Å². The number of aliphatic hydroxyl groups is 3. The second kappa shape index (κ2) is 9.13. The SMILES string of the molecule is CC(O)(CO)NC(=O)C(C)(O)C(=O)Nc1c(I)cc(I)c(C(=O)Cl)c1I. The number of carbonyl (C=O) groups is 3. The summed E-state index contributed by atoms with van der Waals surface area (Å²) in [5.74, 6) is -2.30. The number of hydrogen-bond donors (Lipinski definition) is 5. The van der Waals surface area contributed by atoms with Crippen molar-refractivity contribution in [2.45, 2.75) is 25.2 Å². The number of aliphatic hydroxyl groups excluding tert-OH is 1. The summed E-state index contributed by atoms with van der Waals surface area (Å²) in [5.41, 5.74) is -4.16. The van der Waals surface area contributed by atoms with E-state index in [0.717, 1.165) is 13.8 Å². The zero-order valence-corrected chi connectivity index (χ0v) is 20.6. The van der Waals surface area contributed by atoms with Gasteiger partial charge in [-0.1, -0.05) is 0 Å². The highest BCUT2D eigenvalue weighted by Crippen LogP contribution is 2.33. The number of anilines is 1. The van der Waals surface area contributed by atoms with Crippen LogP contribution in [-0.4, -0.2) is 50.3 Å². The first-order valence-corrected chi connectivity index (χ1v) is 10.4. The Kier molecular flexibility index (Phi) is 8.50. The molecule has 26 heavy (non-hydrogen) atoms. The summed E-state index contributed by atoms with van der Waals surface area (Å²) >= 11 is 11.3. The van der Waals surface area contributed by atoms with Crippen molar-refractivity contribution in [2.75, 3.05) is 11.9 Å². The maximum Gasteiger partial charge on any atom is 0.265 e. The fourth-order valence-corrected chi connectivity index (χ4v) is 6.28. The van der Waals surface area contributed by atoms with Gasteiger partial charge in [0.15, 0.2) is 5.72 Å². The number of halogens is 4. The third kappa shape index (κ3) is 5.60. The Hall–Kier alpha value is 0.190. The molecule has 144 valence electrons. The third-order valence-electron chi connectivity index (χ3n) is 3.18. The molecule has 0 radical (unpaired) electrons. The number of hydrogen-bond acceptors (Lipinski definition) is 6. The lowest BCUT2D eigenvalue weighted by Crippen LogP contribution is -2.59. The zero-order chi connectivity index (χ0) is 20.4. The summed E-state index contributed by atoms with van der Waals surface area (Å²) in [6.07, 6.45) is 0. The molecule has 0 aliphatic carbocycles. The average molecular weight is 722 g/mol. The number of amides is 2. The van der Waals surface area contributed by atoms with Crippen LogP contribution in [0.15, 0.2) is 6.07 Å². The first kappa shape index (κ1) is 24.2. The molecule has 0 aromatic heterocycles. The Morgan fingerprint density at radius 2 is 1.65 bits per heavy atom. The first-order chi connectivity index (χ1) is 11.7. The van der Waals surface area contributed by atoms with Crippen molar-refractivity contribution in [1.29, 1.82) is 0 Å². The Labute approximate surface area is 194 Å². The highest BCUT2D eigenvalue weighted by molar-refractivity contribution is 14.1. The molecule has 0 saturated carbocycles. The first-order valence-electron chi connectivity index (χ1n) is 6.81. The topological polar surface area (TPSA) is 136 Å². The Morgan fingerprint density at radius 3 is 2.12 bits per heavy atom. The van der Waals surface area contributed by atoms with Crippen molar-refractivity contribution in [3.05, 3.63) is 22.3 Å². The predicted molar refractivity (Wildman–Crippen MR) is 120 cm³/mol. The maximum atomic E-state index is 12.4. The van der Waals surface area contributed by atoms with E-state index in [1.54, 1.807) is 6.07 Å². The van der Waals surface area contributed by atoms with Crippen LogP contribution < -0.4 is 10.6 Å². The Morgan fingerprint density at radius 1 is 1.12 bits per heavy atom. The van der Waals surface area contributed by atoms with Gasteiger partial charge in [0.2, 0.25) is 5.60 Å². The van der Waals surface area contributed by atoms with Gasteiger partial charge in [0.25, 0.3) is 17.1 Å². The summed E-state index contributed by atoms with van der Waals surface area (Å²) in [5, 5.41) is 32.6. The number of carbonyl (C=O) groups excluding carboxylic acids is 3. The van der Waals surface area contributed by atoms with E-state index in [4.69, 9.17) is 16.7 Å². The molecule has 2 unspecified atom stereocenters. The van der Waals surface area contributed by atoms with E-state index in [2.05, 4.69) is 5.32 Å². The van der Waals surface area contributed by atoms with Crippen molar-refractivity contribution in [3.63, 3.8) is 0 Å². The average Bonchev–Trinajstić information content (AvgIpc) is 2.49. The number of nitrogens with one attached hydrogen (secondary N) is 2. The van der Waals surface area contributed by atoms with E-state index >= 15 is 0 Å². The van der Waals surface area contributed by atoms with Crippen molar-refractivity contribution in [3.8, 4) is 0 Å². The molecule has 0 aliphatic rings. The summed E-state index contributed by atoms with van der Waals surface area (Å²) < 4.78 is 1.49. The lowest BCUT2D eigenvalue weighted by atomic mass is 10.0. The molecule has 0 heterocycles. The fourth-order valence-electron chi connectivity index (χ4n) is 1.63. The van der Waals surface area contributed by atoms with E-state index in [0.29, 0.717) is 10.7 Å². The standard InChI is InChI=1S/C14H14ClI3N2O6/c1-13(25,4-21)20-12(24)14(2,26)11(23)19-9-6(17)3-5(16)7(8(9)18)10(15)22/h3,21,25-26H,4H2,1-2H3,(H,19,23)(H,20,24). The van der Waals surface area contributed by atoms with Crippen LogP contribution in [0.3, 0.4) is 0 Å². The van der Waals surface area contributed by atoms with E-state index in [1.165, 1.54) is 0 Å². The smallest absolute Gasteiger partial charge is 0.265 e. The molecule has 0 saturated heterocycles. The quantitative estimate of drug-likeness (QED) is 0.131. The lowest BCUT2D eigenvalue weighted by molar-refractivity contribution is -0.154. The van der Waals surface area contributed by atoms with Crippen LogP contribution in [0.25, 0.3) is 0 Å². The van der Waals surface area contributed by atoms with Crippen LogP contribution in [0.2, 0.25) is 0 Å². The second-order valence-electron chi connectivity index (χ2n) is 5.59.